The van der Waals surface area contributed by atoms with E-state index in [-0.39, 0.29) is 10.6 Å². The normalized spacial score (nSPS) is 15.2. The van der Waals surface area contributed by atoms with E-state index in [4.69, 9.17) is 4.42 Å². The first-order valence-corrected chi connectivity index (χ1v) is 12.7. The van der Waals surface area contributed by atoms with Crippen molar-refractivity contribution in [2.75, 3.05) is 31.2 Å². The highest BCUT2D eigenvalue weighted by Crippen LogP contribution is 2.33. The summed E-state index contributed by atoms with van der Waals surface area (Å²) in [7, 11) is -1.54. The summed E-state index contributed by atoms with van der Waals surface area (Å²) < 4.78 is 32.5. The molecule has 3 aromatic heterocycles. The third kappa shape index (κ3) is 4.11. The average Bonchev–Trinajstić information content (AvgIpc) is 3.51. The molecule has 1 saturated heterocycles. The van der Waals surface area contributed by atoms with Crippen molar-refractivity contribution in [3.8, 4) is 22.6 Å². The minimum atomic E-state index is -3.33. The van der Waals surface area contributed by atoms with E-state index < -0.39 is 9.84 Å². The van der Waals surface area contributed by atoms with E-state index in [1.807, 2.05) is 16.9 Å². The molecule has 0 atom stereocenters. The van der Waals surface area contributed by atoms with Gasteiger partial charge in [0.25, 0.3) is 0 Å². The smallest absolute Gasteiger partial charge is 0.231 e. The zero-order valence-electron chi connectivity index (χ0n) is 18.6. The van der Waals surface area contributed by atoms with E-state index in [9.17, 15) is 8.42 Å². The molecular formula is C23H26N6O3S. The Kier molecular flexibility index (Phi) is 5.63. The maximum Gasteiger partial charge on any atom is 0.231 e. The predicted octanol–water partition coefficient (Wildman–Crippen LogP) is 3.51. The van der Waals surface area contributed by atoms with Crippen LogP contribution in [0.4, 0.5) is 5.82 Å². The van der Waals surface area contributed by atoms with Gasteiger partial charge in [-0.05, 0) is 50.2 Å². The van der Waals surface area contributed by atoms with Gasteiger partial charge in [0.2, 0.25) is 5.89 Å². The number of benzene rings is 1. The third-order valence-electron chi connectivity index (χ3n) is 6.07. The average molecular weight is 467 g/mol. The van der Waals surface area contributed by atoms with E-state index in [0.717, 1.165) is 37.1 Å². The van der Waals surface area contributed by atoms with Crippen molar-refractivity contribution in [2.45, 2.75) is 30.7 Å². The summed E-state index contributed by atoms with van der Waals surface area (Å²) in [4.78, 5) is 9.37. The molecule has 33 heavy (non-hydrogen) atoms. The van der Waals surface area contributed by atoms with Crippen LogP contribution in [0.25, 0.3) is 33.7 Å². The van der Waals surface area contributed by atoms with Crippen LogP contribution in [0.15, 0.2) is 52.2 Å². The molecular weight excluding hydrogens is 440 g/mol. The fourth-order valence-corrected chi connectivity index (χ4v) is 5.03. The fraction of sp³-hybridized carbons (Fsp3) is 0.348. The molecule has 5 rings (SSSR count). The van der Waals surface area contributed by atoms with Crippen LogP contribution in [0.5, 0.6) is 0 Å². The molecule has 4 heterocycles. The summed E-state index contributed by atoms with van der Waals surface area (Å²) in [6.07, 6.45) is 7.83. The molecule has 9 nitrogen and oxygen atoms in total. The van der Waals surface area contributed by atoms with E-state index >= 15 is 0 Å². The monoisotopic (exact) mass is 466 g/mol. The molecule has 1 aromatic carbocycles. The Balaban J connectivity index is 1.52. The maximum absolute atomic E-state index is 12.2. The largest absolute Gasteiger partial charge is 0.436 e. The Morgan fingerprint density at radius 1 is 1.18 bits per heavy atom. The minimum Gasteiger partial charge on any atom is -0.436 e. The number of rotatable bonds is 6. The van der Waals surface area contributed by atoms with Gasteiger partial charge in [0.1, 0.15) is 11.3 Å². The van der Waals surface area contributed by atoms with E-state index in [1.165, 1.54) is 0 Å². The van der Waals surface area contributed by atoms with Gasteiger partial charge in [-0.2, -0.15) is 5.10 Å². The van der Waals surface area contributed by atoms with Crippen molar-refractivity contribution >= 4 is 26.8 Å². The Morgan fingerprint density at radius 3 is 2.76 bits per heavy atom. The quantitative estimate of drug-likeness (QED) is 0.444. The van der Waals surface area contributed by atoms with Crippen LogP contribution >= 0.6 is 0 Å². The second-order valence-corrected chi connectivity index (χ2v) is 10.4. The summed E-state index contributed by atoms with van der Waals surface area (Å²) in [6, 6.07) is 7.12. The molecule has 0 unspecified atom stereocenters. The topological polar surface area (TPSA) is 115 Å². The van der Waals surface area contributed by atoms with Gasteiger partial charge < -0.3 is 15.1 Å². The number of hydrogen-bond donors (Lipinski definition) is 2. The summed E-state index contributed by atoms with van der Waals surface area (Å²) >= 11 is 0. The number of nitrogens with zero attached hydrogens (tertiary/aromatic N) is 4. The van der Waals surface area contributed by atoms with Crippen LogP contribution in [-0.4, -0.2) is 54.1 Å². The number of fused-ring (bicyclic) bond motifs is 1. The maximum atomic E-state index is 12.2. The van der Waals surface area contributed by atoms with Crippen molar-refractivity contribution < 1.29 is 12.8 Å². The van der Waals surface area contributed by atoms with Crippen molar-refractivity contribution in [3.05, 3.63) is 42.9 Å². The highest BCUT2D eigenvalue weighted by Gasteiger charge is 2.19. The standard InChI is InChI=1S/C23H26N6O3S/c1-3-33(30,31)18-4-5-21-20(11-18)28-23(32-21)19-10-15(12-26-22(19)24-2)16-13-27-29(14-16)17-6-8-25-9-7-17/h4-5,10-14,17,25H,3,6-9H2,1-2H3,(H,24,26). The second-order valence-electron chi connectivity index (χ2n) is 8.11. The molecule has 0 radical (unpaired) electrons. The van der Waals surface area contributed by atoms with Gasteiger partial charge in [0.05, 0.1) is 28.5 Å². The van der Waals surface area contributed by atoms with Crippen molar-refractivity contribution in [1.29, 1.82) is 0 Å². The highest BCUT2D eigenvalue weighted by molar-refractivity contribution is 7.91. The molecule has 0 aliphatic carbocycles. The van der Waals surface area contributed by atoms with Crippen LogP contribution in [0.3, 0.4) is 0 Å². The van der Waals surface area contributed by atoms with Gasteiger partial charge in [0.15, 0.2) is 15.4 Å². The van der Waals surface area contributed by atoms with E-state index in [2.05, 4.69) is 31.9 Å². The number of piperidine rings is 1. The van der Waals surface area contributed by atoms with Crippen LogP contribution in [0.2, 0.25) is 0 Å². The van der Waals surface area contributed by atoms with Gasteiger partial charge in [-0.1, -0.05) is 6.92 Å². The molecule has 4 aromatic rings. The lowest BCUT2D eigenvalue weighted by Crippen LogP contribution is -2.29. The summed E-state index contributed by atoms with van der Waals surface area (Å²) in [5.74, 6) is 1.03. The molecule has 0 bridgehead atoms. The molecule has 0 saturated carbocycles. The number of aromatic nitrogens is 4. The Labute approximate surface area is 192 Å². The highest BCUT2D eigenvalue weighted by atomic mass is 32.2. The lowest BCUT2D eigenvalue weighted by atomic mass is 10.1. The minimum absolute atomic E-state index is 0.0319. The van der Waals surface area contributed by atoms with Gasteiger partial charge >= 0.3 is 0 Å². The Hall–Kier alpha value is -3.24. The van der Waals surface area contributed by atoms with Crippen LogP contribution in [0, 0.1) is 0 Å². The Bertz CT molecular complexity index is 1400. The van der Waals surface area contributed by atoms with Gasteiger partial charge in [0, 0.05) is 30.6 Å². The molecule has 2 N–H and O–H groups in total. The molecule has 0 amide bonds. The Morgan fingerprint density at radius 2 is 2.00 bits per heavy atom. The van der Waals surface area contributed by atoms with Gasteiger partial charge in [-0.25, -0.2) is 18.4 Å². The molecule has 10 heteroatoms. The van der Waals surface area contributed by atoms with Crippen molar-refractivity contribution in [2.24, 2.45) is 0 Å². The zero-order chi connectivity index (χ0) is 23.0. The summed E-state index contributed by atoms with van der Waals surface area (Å²) in [6.45, 7) is 3.63. The first-order valence-electron chi connectivity index (χ1n) is 11.1. The number of hydrogen-bond acceptors (Lipinski definition) is 8. The number of pyridine rings is 1. The van der Waals surface area contributed by atoms with Gasteiger partial charge in [-0.15, -0.1) is 0 Å². The molecule has 172 valence electrons. The summed E-state index contributed by atoms with van der Waals surface area (Å²) in [5.41, 5.74) is 3.58. The van der Waals surface area contributed by atoms with Crippen LogP contribution in [0.1, 0.15) is 25.8 Å². The molecule has 1 fully saturated rings. The number of anilines is 1. The predicted molar refractivity (Wildman–Crippen MR) is 127 cm³/mol. The van der Waals surface area contributed by atoms with Crippen LogP contribution in [-0.2, 0) is 9.84 Å². The zero-order valence-corrected chi connectivity index (χ0v) is 19.4. The lowest BCUT2D eigenvalue weighted by molar-refractivity contribution is 0.343. The number of sulfone groups is 1. The van der Waals surface area contributed by atoms with Crippen molar-refractivity contribution in [3.63, 3.8) is 0 Å². The first-order chi connectivity index (χ1) is 16.0. The molecule has 1 aliphatic heterocycles. The second kappa shape index (κ2) is 8.60. The summed E-state index contributed by atoms with van der Waals surface area (Å²) in [5, 5.41) is 11.0. The third-order valence-corrected chi connectivity index (χ3v) is 7.80. The first kappa shape index (κ1) is 21.6. The molecule has 1 aliphatic rings. The van der Waals surface area contributed by atoms with E-state index in [1.54, 1.807) is 38.4 Å². The fourth-order valence-electron chi connectivity index (χ4n) is 4.13. The lowest BCUT2D eigenvalue weighted by Gasteiger charge is -2.22. The van der Waals surface area contributed by atoms with Crippen molar-refractivity contribution in [1.82, 2.24) is 25.1 Å². The van der Waals surface area contributed by atoms with Crippen LogP contribution < -0.4 is 10.6 Å². The van der Waals surface area contributed by atoms with E-state index in [0.29, 0.717) is 34.4 Å². The number of oxazole rings is 1. The molecule has 0 spiro atoms. The van der Waals surface area contributed by atoms with Gasteiger partial charge in [-0.3, -0.25) is 4.68 Å². The SMILES string of the molecule is CCS(=O)(=O)c1ccc2oc(-c3cc(-c4cnn(C5CCNCC5)c4)cnc3NC)nc2c1. The number of nitrogens with one attached hydrogen (secondary N) is 2.